The molecule has 9 heteroatoms. The van der Waals surface area contributed by atoms with Gasteiger partial charge in [-0.1, -0.05) is 0 Å². The van der Waals surface area contributed by atoms with Crippen LogP contribution in [0, 0.1) is 6.92 Å². The molecule has 4 N–H and O–H groups in total. The minimum atomic E-state index is -0.957. The van der Waals surface area contributed by atoms with E-state index in [9.17, 15) is 10.2 Å². The smallest absolute Gasteiger partial charge is 0.167 e. The molecule has 9 nitrogen and oxygen atoms in total. The molecule has 0 bridgehead atoms. The van der Waals surface area contributed by atoms with Crippen LogP contribution in [0.3, 0.4) is 0 Å². The van der Waals surface area contributed by atoms with E-state index in [2.05, 4.69) is 15.0 Å². The zero-order valence-electron chi connectivity index (χ0n) is 11.7. The average Bonchev–Trinajstić information content (AvgIpc) is 2.99. The van der Waals surface area contributed by atoms with E-state index in [1.807, 2.05) is 0 Å². The first-order valence-corrected chi connectivity index (χ1v) is 6.50. The van der Waals surface area contributed by atoms with Gasteiger partial charge in [0.15, 0.2) is 17.7 Å². The number of aliphatic hydroxyl groups excluding tert-OH is 2. The second kappa shape index (κ2) is 5.19. The first-order valence-electron chi connectivity index (χ1n) is 6.50. The Kier molecular flexibility index (Phi) is 3.49. The molecule has 1 saturated heterocycles. The van der Waals surface area contributed by atoms with Crippen molar-refractivity contribution in [3.05, 3.63) is 12.2 Å². The highest BCUT2D eigenvalue weighted by Gasteiger charge is 2.45. The third-order valence-electron chi connectivity index (χ3n) is 3.60. The van der Waals surface area contributed by atoms with Crippen molar-refractivity contribution < 1.29 is 19.7 Å². The van der Waals surface area contributed by atoms with E-state index < -0.39 is 24.5 Å². The SMILES string of the molecule is CO[C@H]1[C@@H](O)[C@H](n2cnc3c(N)nc(C)nc32)O[C@@H]1CO. The van der Waals surface area contributed by atoms with Gasteiger partial charge in [-0.15, -0.1) is 0 Å². The summed E-state index contributed by atoms with van der Waals surface area (Å²) in [5, 5.41) is 19.7. The fourth-order valence-electron chi connectivity index (χ4n) is 2.63. The van der Waals surface area contributed by atoms with E-state index in [4.69, 9.17) is 15.2 Å². The van der Waals surface area contributed by atoms with Crippen molar-refractivity contribution in [2.75, 3.05) is 19.5 Å². The summed E-state index contributed by atoms with van der Waals surface area (Å²) < 4.78 is 12.4. The molecule has 3 heterocycles. The summed E-state index contributed by atoms with van der Waals surface area (Å²) in [6.45, 7) is 1.46. The number of nitrogen functional groups attached to an aromatic ring is 1. The van der Waals surface area contributed by atoms with Crippen molar-refractivity contribution in [1.29, 1.82) is 0 Å². The minimum absolute atomic E-state index is 0.255. The molecular weight excluding hydrogens is 278 g/mol. The van der Waals surface area contributed by atoms with Crippen LogP contribution in [0.15, 0.2) is 6.33 Å². The number of aromatic nitrogens is 4. The largest absolute Gasteiger partial charge is 0.394 e. The average molecular weight is 295 g/mol. The molecule has 2 aromatic rings. The second-order valence-electron chi connectivity index (χ2n) is 4.92. The Morgan fingerprint density at radius 3 is 2.86 bits per heavy atom. The fraction of sp³-hybridized carbons (Fsp3) is 0.583. The monoisotopic (exact) mass is 295 g/mol. The summed E-state index contributed by atoms with van der Waals surface area (Å²) in [5.74, 6) is 0.766. The van der Waals surface area contributed by atoms with Gasteiger partial charge in [0.2, 0.25) is 0 Å². The molecule has 0 spiro atoms. The summed E-state index contributed by atoms with van der Waals surface area (Å²) in [6, 6.07) is 0. The summed E-state index contributed by atoms with van der Waals surface area (Å²) in [6.07, 6.45) is -1.48. The molecule has 0 aliphatic carbocycles. The second-order valence-corrected chi connectivity index (χ2v) is 4.92. The van der Waals surface area contributed by atoms with E-state index >= 15 is 0 Å². The van der Waals surface area contributed by atoms with E-state index in [1.165, 1.54) is 13.4 Å². The van der Waals surface area contributed by atoms with Gasteiger partial charge in [0.05, 0.1) is 12.9 Å². The number of anilines is 1. The number of rotatable bonds is 3. The van der Waals surface area contributed by atoms with Gasteiger partial charge in [0.25, 0.3) is 0 Å². The summed E-state index contributed by atoms with van der Waals surface area (Å²) in [5.41, 5.74) is 6.73. The molecule has 21 heavy (non-hydrogen) atoms. The Morgan fingerprint density at radius 1 is 1.48 bits per heavy atom. The van der Waals surface area contributed by atoms with Crippen LogP contribution >= 0.6 is 0 Å². The highest BCUT2D eigenvalue weighted by molar-refractivity contribution is 5.81. The van der Waals surface area contributed by atoms with Gasteiger partial charge in [0, 0.05) is 7.11 Å². The Balaban J connectivity index is 2.05. The fourth-order valence-corrected chi connectivity index (χ4v) is 2.63. The van der Waals surface area contributed by atoms with Crippen LogP contribution in [0.5, 0.6) is 0 Å². The number of nitrogens with zero attached hydrogens (tertiary/aromatic N) is 4. The third kappa shape index (κ3) is 2.14. The van der Waals surface area contributed by atoms with Crippen molar-refractivity contribution in [2.24, 2.45) is 0 Å². The lowest BCUT2D eigenvalue weighted by Gasteiger charge is -2.18. The lowest BCUT2D eigenvalue weighted by atomic mass is 10.1. The number of hydrogen-bond donors (Lipinski definition) is 3. The number of aliphatic hydroxyl groups is 2. The topological polar surface area (TPSA) is 129 Å². The third-order valence-corrected chi connectivity index (χ3v) is 3.60. The van der Waals surface area contributed by atoms with Crippen LogP contribution in [0.4, 0.5) is 5.82 Å². The normalized spacial score (nSPS) is 29.3. The van der Waals surface area contributed by atoms with Crippen molar-refractivity contribution in [3.63, 3.8) is 0 Å². The Bertz CT molecular complexity index is 660. The number of hydrogen-bond acceptors (Lipinski definition) is 8. The molecular formula is C12H17N5O4. The maximum absolute atomic E-state index is 10.3. The standard InChI is InChI=1S/C12H17N5O4/c1-5-15-10(13)7-11(16-5)17(4-14-7)12-8(19)9(20-2)6(3-18)21-12/h4,6,8-9,12,18-19H,3H2,1-2H3,(H2,13,15,16)/t6-,8-,9-,12-/m1/s1. The van der Waals surface area contributed by atoms with Crippen molar-refractivity contribution >= 4 is 17.0 Å². The Hall–Kier alpha value is -1.81. The number of fused-ring (bicyclic) bond motifs is 1. The van der Waals surface area contributed by atoms with Gasteiger partial charge in [-0.05, 0) is 6.92 Å². The molecule has 1 fully saturated rings. The Labute approximate surface area is 120 Å². The maximum atomic E-state index is 10.3. The van der Waals surface area contributed by atoms with Crippen LogP contribution < -0.4 is 5.73 Å². The van der Waals surface area contributed by atoms with E-state index in [1.54, 1.807) is 11.5 Å². The van der Waals surface area contributed by atoms with Crippen LogP contribution in [0.1, 0.15) is 12.1 Å². The molecule has 0 aromatic carbocycles. The van der Waals surface area contributed by atoms with E-state index in [0.29, 0.717) is 17.0 Å². The number of nitrogens with two attached hydrogens (primary N) is 1. The van der Waals surface area contributed by atoms with Gasteiger partial charge >= 0.3 is 0 Å². The van der Waals surface area contributed by atoms with E-state index in [-0.39, 0.29) is 12.4 Å². The van der Waals surface area contributed by atoms with Crippen molar-refractivity contribution in [1.82, 2.24) is 19.5 Å². The van der Waals surface area contributed by atoms with Gasteiger partial charge in [-0.2, -0.15) is 0 Å². The highest BCUT2D eigenvalue weighted by Crippen LogP contribution is 2.33. The molecule has 1 aliphatic heterocycles. The molecule has 1 aliphatic rings. The number of aryl methyl sites for hydroxylation is 1. The van der Waals surface area contributed by atoms with Crippen LogP contribution in [0.2, 0.25) is 0 Å². The Morgan fingerprint density at radius 2 is 2.24 bits per heavy atom. The van der Waals surface area contributed by atoms with Crippen LogP contribution in [0.25, 0.3) is 11.2 Å². The van der Waals surface area contributed by atoms with Gasteiger partial charge in [-0.25, -0.2) is 15.0 Å². The first kappa shape index (κ1) is 14.1. The lowest BCUT2D eigenvalue weighted by Crippen LogP contribution is -2.35. The minimum Gasteiger partial charge on any atom is -0.394 e. The number of ether oxygens (including phenoxy) is 2. The molecule has 0 unspecified atom stereocenters. The number of imidazole rings is 1. The van der Waals surface area contributed by atoms with Crippen molar-refractivity contribution in [3.8, 4) is 0 Å². The first-order chi connectivity index (χ1) is 10.1. The molecule has 0 radical (unpaired) electrons. The summed E-state index contributed by atoms with van der Waals surface area (Å²) in [7, 11) is 1.46. The van der Waals surface area contributed by atoms with Crippen molar-refractivity contribution in [2.45, 2.75) is 31.5 Å². The highest BCUT2D eigenvalue weighted by atomic mass is 16.6. The predicted molar refractivity (Wildman–Crippen MR) is 72.3 cm³/mol. The van der Waals surface area contributed by atoms with E-state index in [0.717, 1.165) is 0 Å². The molecule has 4 atom stereocenters. The molecule has 0 saturated carbocycles. The van der Waals surface area contributed by atoms with Crippen LogP contribution in [-0.4, -0.2) is 61.8 Å². The number of methoxy groups -OCH3 is 1. The lowest BCUT2D eigenvalue weighted by molar-refractivity contribution is -0.0536. The summed E-state index contributed by atoms with van der Waals surface area (Å²) >= 11 is 0. The predicted octanol–water partition coefficient (Wildman–Crippen LogP) is -1.02. The quantitative estimate of drug-likeness (QED) is 0.656. The molecule has 0 amide bonds. The molecule has 2 aromatic heterocycles. The van der Waals surface area contributed by atoms with Gasteiger partial charge < -0.3 is 25.4 Å². The molecule has 3 rings (SSSR count). The zero-order valence-corrected chi connectivity index (χ0v) is 11.7. The summed E-state index contributed by atoms with van der Waals surface area (Å²) in [4.78, 5) is 12.5. The van der Waals surface area contributed by atoms with Gasteiger partial charge in [0.1, 0.15) is 29.7 Å². The molecule has 114 valence electrons. The van der Waals surface area contributed by atoms with Crippen LogP contribution in [-0.2, 0) is 9.47 Å². The van der Waals surface area contributed by atoms with Gasteiger partial charge in [-0.3, -0.25) is 4.57 Å². The maximum Gasteiger partial charge on any atom is 0.167 e. The zero-order chi connectivity index (χ0) is 15.1.